The summed E-state index contributed by atoms with van der Waals surface area (Å²) in [4.78, 5) is 28.2. The molecule has 6 heteroatoms. The van der Waals surface area contributed by atoms with Crippen LogP contribution in [0.4, 0.5) is 15.8 Å². The predicted octanol–water partition coefficient (Wildman–Crippen LogP) is 5.27. The number of amides is 2. The molecule has 1 N–H and O–H groups in total. The molecule has 4 rings (SSSR count). The maximum atomic E-state index is 14.2. The van der Waals surface area contributed by atoms with Gasteiger partial charge in [0.05, 0.1) is 24.8 Å². The molecule has 3 aromatic carbocycles. The second kappa shape index (κ2) is 9.22. The van der Waals surface area contributed by atoms with E-state index < -0.39 is 17.8 Å². The largest absolute Gasteiger partial charge is 0.496 e. The topological polar surface area (TPSA) is 58.6 Å². The van der Waals surface area contributed by atoms with Gasteiger partial charge in [-0.05, 0) is 43.7 Å². The van der Waals surface area contributed by atoms with E-state index >= 15 is 0 Å². The molecule has 1 fully saturated rings. The Labute approximate surface area is 186 Å². The second-order valence-electron chi connectivity index (χ2n) is 7.90. The van der Waals surface area contributed by atoms with Crippen molar-refractivity contribution in [1.82, 2.24) is 0 Å². The van der Waals surface area contributed by atoms with E-state index in [1.54, 1.807) is 24.1 Å². The van der Waals surface area contributed by atoms with Crippen LogP contribution in [0.25, 0.3) is 0 Å². The Morgan fingerprint density at radius 3 is 2.44 bits per heavy atom. The molecule has 5 nitrogen and oxygen atoms in total. The lowest BCUT2D eigenvalue weighted by molar-refractivity contribution is -0.126. The number of piperidine rings is 1. The minimum atomic E-state index is -0.595. The van der Waals surface area contributed by atoms with Crippen LogP contribution < -0.4 is 15.0 Å². The summed E-state index contributed by atoms with van der Waals surface area (Å²) in [5.41, 5.74) is 2.63. The molecule has 1 saturated heterocycles. The monoisotopic (exact) mass is 432 g/mol. The standard InChI is InChI=1S/C26H25FN2O3/c1-17-11-13-18(14-12-17)29-24(30)16-15-20(25(29)19-7-3-6-10-23(19)32-2)26(31)28-22-9-5-4-8-21(22)27/h3-14,20,25H,15-16H2,1-2H3,(H,28,31). The lowest BCUT2D eigenvalue weighted by Gasteiger charge is -2.41. The van der Waals surface area contributed by atoms with E-state index in [9.17, 15) is 14.0 Å². The van der Waals surface area contributed by atoms with Gasteiger partial charge in [0.2, 0.25) is 11.8 Å². The molecule has 3 aromatic rings. The van der Waals surface area contributed by atoms with Crippen LogP contribution in [-0.4, -0.2) is 18.9 Å². The minimum absolute atomic E-state index is 0.0697. The molecule has 0 radical (unpaired) electrons. The summed E-state index contributed by atoms with van der Waals surface area (Å²) in [6.07, 6.45) is 0.569. The van der Waals surface area contributed by atoms with Crippen molar-refractivity contribution >= 4 is 23.2 Å². The summed E-state index contributed by atoms with van der Waals surface area (Å²) in [5, 5.41) is 2.72. The first kappa shape index (κ1) is 21.6. The molecule has 0 saturated carbocycles. The zero-order chi connectivity index (χ0) is 22.7. The number of nitrogens with zero attached hydrogens (tertiary/aromatic N) is 1. The lowest BCUT2D eigenvalue weighted by atomic mass is 9.82. The van der Waals surface area contributed by atoms with Crippen molar-refractivity contribution in [2.24, 2.45) is 5.92 Å². The normalized spacial score (nSPS) is 18.3. The summed E-state index contributed by atoms with van der Waals surface area (Å²) in [6.45, 7) is 1.98. The van der Waals surface area contributed by atoms with Gasteiger partial charge in [-0.25, -0.2) is 4.39 Å². The van der Waals surface area contributed by atoms with Gasteiger partial charge in [-0.2, -0.15) is 0 Å². The van der Waals surface area contributed by atoms with Crippen molar-refractivity contribution in [1.29, 1.82) is 0 Å². The average molecular weight is 432 g/mol. The fraction of sp³-hybridized carbons (Fsp3) is 0.231. The minimum Gasteiger partial charge on any atom is -0.496 e. The molecule has 0 aromatic heterocycles. The Hall–Kier alpha value is -3.67. The van der Waals surface area contributed by atoms with Crippen LogP contribution in [0.2, 0.25) is 0 Å². The van der Waals surface area contributed by atoms with Gasteiger partial charge in [0.25, 0.3) is 0 Å². The zero-order valence-corrected chi connectivity index (χ0v) is 18.0. The number of halogens is 1. The van der Waals surface area contributed by atoms with Crippen molar-refractivity contribution in [3.8, 4) is 5.75 Å². The number of carbonyl (C=O) groups is 2. The lowest BCUT2D eigenvalue weighted by Crippen LogP contribution is -2.47. The van der Waals surface area contributed by atoms with E-state index in [4.69, 9.17) is 4.74 Å². The van der Waals surface area contributed by atoms with Gasteiger partial charge in [0, 0.05) is 17.7 Å². The molecular formula is C26H25FN2O3. The number of anilines is 2. The van der Waals surface area contributed by atoms with Crippen LogP contribution in [0, 0.1) is 18.7 Å². The molecular weight excluding hydrogens is 407 g/mol. The fourth-order valence-electron chi connectivity index (χ4n) is 4.23. The van der Waals surface area contributed by atoms with Gasteiger partial charge >= 0.3 is 0 Å². The molecule has 0 bridgehead atoms. The highest BCUT2D eigenvalue weighted by molar-refractivity contribution is 6.00. The highest BCUT2D eigenvalue weighted by atomic mass is 19.1. The fourth-order valence-corrected chi connectivity index (χ4v) is 4.23. The van der Waals surface area contributed by atoms with Gasteiger partial charge in [-0.3, -0.25) is 9.59 Å². The molecule has 1 aliphatic rings. The van der Waals surface area contributed by atoms with Crippen LogP contribution in [0.5, 0.6) is 5.75 Å². The molecule has 32 heavy (non-hydrogen) atoms. The Morgan fingerprint density at radius 1 is 1.03 bits per heavy atom. The van der Waals surface area contributed by atoms with Gasteiger partial charge < -0.3 is 15.0 Å². The smallest absolute Gasteiger partial charge is 0.230 e. The number of hydrogen-bond donors (Lipinski definition) is 1. The number of methoxy groups -OCH3 is 1. The molecule has 0 aliphatic carbocycles. The van der Waals surface area contributed by atoms with E-state index in [1.165, 1.54) is 12.1 Å². The maximum absolute atomic E-state index is 14.2. The van der Waals surface area contributed by atoms with Crippen molar-refractivity contribution < 1.29 is 18.7 Å². The molecule has 2 atom stereocenters. The Kier molecular flexibility index (Phi) is 6.21. The summed E-state index contributed by atoms with van der Waals surface area (Å²) < 4.78 is 19.8. The average Bonchev–Trinajstić information content (AvgIpc) is 2.81. The van der Waals surface area contributed by atoms with Crippen LogP contribution >= 0.6 is 0 Å². The van der Waals surface area contributed by atoms with Crippen LogP contribution in [-0.2, 0) is 9.59 Å². The number of ether oxygens (including phenoxy) is 1. The highest BCUT2D eigenvalue weighted by Crippen LogP contribution is 2.43. The van der Waals surface area contributed by atoms with Crippen LogP contribution in [0.15, 0.2) is 72.8 Å². The molecule has 1 heterocycles. The summed E-state index contributed by atoms with van der Waals surface area (Å²) in [5.74, 6) is -0.912. The Balaban J connectivity index is 1.79. The van der Waals surface area contributed by atoms with Gasteiger partial charge in [-0.15, -0.1) is 0 Å². The number of aryl methyl sites for hydroxylation is 1. The van der Waals surface area contributed by atoms with Crippen LogP contribution in [0.1, 0.15) is 30.0 Å². The van der Waals surface area contributed by atoms with Gasteiger partial charge in [0.15, 0.2) is 0 Å². The summed E-state index contributed by atoms with van der Waals surface area (Å²) in [6, 6.07) is 20.5. The molecule has 2 unspecified atom stereocenters. The third-order valence-electron chi connectivity index (χ3n) is 5.84. The number of para-hydroxylation sites is 2. The summed E-state index contributed by atoms with van der Waals surface area (Å²) >= 11 is 0. The molecule has 2 amide bonds. The molecule has 164 valence electrons. The number of hydrogen-bond acceptors (Lipinski definition) is 3. The molecule has 1 aliphatic heterocycles. The third-order valence-corrected chi connectivity index (χ3v) is 5.84. The maximum Gasteiger partial charge on any atom is 0.230 e. The van der Waals surface area contributed by atoms with Crippen molar-refractivity contribution in [3.63, 3.8) is 0 Å². The number of benzene rings is 3. The van der Waals surface area contributed by atoms with E-state index in [2.05, 4.69) is 5.32 Å². The molecule has 0 spiro atoms. The number of nitrogens with one attached hydrogen (secondary N) is 1. The third kappa shape index (κ3) is 4.21. The first-order chi connectivity index (χ1) is 15.5. The van der Waals surface area contributed by atoms with E-state index in [0.29, 0.717) is 17.9 Å². The first-order valence-corrected chi connectivity index (χ1v) is 10.6. The van der Waals surface area contributed by atoms with E-state index in [-0.39, 0.29) is 23.9 Å². The number of rotatable bonds is 5. The number of carbonyl (C=O) groups excluding carboxylic acids is 2. The van der Waals surface area contributed by atoms with Gasteiger partial charge in [0.1, 0.15) is 11.6 Å². The Bertz CT molecular complexity index is 1130. The van der Waals surface area contributed by atoms with Gasteiger partial charge in [-0.1, -0.05) is 48.0 Å². The van der Waals surface area contributed by atoms with Crippen molar-refractivity contribution in [2.45, 2.75) is 25.8 Å². The van der Waals surface area contributed by atoms with Crippen molar-refractivity contribution in [2.75, 3.05) is 17.3 Å². The van der Waals surface area contributed by atoms with Crippen LogP contribution in [0.3, 0.4) is 0 Å². The zero-order valence-electron chi connectivity index (χ0n) is 18.0. The van der Waals surface area contributed by atoms with E-state index in [1.807, 2.05) is 55.5 Å². The SMILES string of the molecule is COc1ccccc1C1C(C(=O)Nc2ccccc2F)CCC(=O)N1c1ccc(C)cc1. The predicted molar refractivity (Wildman–Crippen MR) is 122 cm³/mol. The van der Waals surface area contributed by atoms with Crippen molar-refractivity contribution in [3.05, 3.63) is 89.7 Å². The second-order valence-corrected chi connectivity index (χ2v) is 7.90. The quantitative estimate of drug-likeness (QED) is 0.598. The van der Waals surface area contributed by atoms with E-state index in [0.717, 1.165) is 11.1 Å². The summed E-state index contributed by atoms with van der Waals surface area (Å²) in [7, 11) is 1.56. The first-order valence-electron chi connectivity index (χ1n) is 10.6. The highest BCUT2D eigenvalue weighted by Gasteiger charge is 2.42. The Morgan fingerprint density at radius 2 is 1.72 bits per heavy atom.